The second kappa shape index (κ2) is 8.17. The van der Waals surface area contributed by atoms with Gasteiger partial charge in [-0.05, 0) is 57.3 Å². The molecule has 21 heavy (non-hydrogen) atoms. The lowest BCUT2D eigenvalue weighted by atomic mass is 9.76. The summed E-state index contributed by atoms with van der Waals surface area (Å²) in [6, 6.07) is 1.31. The molecule has 3 nitrogen and oxygen atoms in total. The van der Waals surface area contributed by atoms with Gasteiger partial charge < -0.3 is 10.1 Å². The lowest BCUT2D eigenvalue weighted by Crippen LogP contribution is -2.47. The molecule has 2 atom stereocenters. The number of nitrogens with one attached hydrogen (secondary N) is 1. The van der Waals surface area contributed by atoms with Crippen LogP contribution in [0.3, 0.4) is 0 Å². The number of rotatable bonds is 5. The third kappa shape index (κ3) is 4.70. The summed E-state index contributed by atoms with van der Waals surface area (Å²) in [5.74, 6) is 1.78. The molecule has 2 aliphatic rings. The maximum absolute atomic E-state index is 11.8. The zero-order valence-electron chi connectivity index (χ0n) is 14.1. The molecule has 0 amide bonds. The van der Waals surface area contributed by atoms with Crippen LogP contribution in [0.2, 0.25) is 0 Å². The summed E-state index contributed by atoms with van der Waals surface area (Å²) in [5, 5.41) is 3.93. The third-order valence-corrected chi connectivity index (χ3v) is 5.47. The maximum atomic E-state index is 11.8. The standard InChI is InChI=1S/C18H33NO2/c1-4-21-18(20)14-9-11-15(12-10-14)19-17-8-6-5-7-16(17)13(2)3/h13-17,19H,4-12H2,1-3H3. The quantitative estimate of drug-likeness (QED) is 0.781. The van der Waals surface area contributed by atoms with Crippen molar-refractivity contribution in [3.8, 4) is 0 Å². The van der Waals surface area contributed by atoms with Gasteiger partial charge >= 0.3 is 5.97 Å². The van der Waals surface area contributed by atoms with Gasteiger partial charge in [-0.15, -0.1) is 0 Å². The number of carbonyl (C=O) groups excluding carboxylic acids is 1. The summed E-state index contributed by atoms with van der Waals surface area (Å²) in [4.78, 5) is 11.8. The van der Waals surface area contributed by atoms with Crippen molar-refractivity contribution in [3.63, 3.8) is 0 Å². The molecule has 0 aromatic carbocycles. The van der Waals surface area contributed by atoms with Gasteiger partial charge in [0, 0.05) is 12.1 Å². The van der Waals surface area contributed by atoms with Gasteiger partial charge in [0.1, 0.15) is 0 Å². The summed E-state index contributed by atoms with van der Waals surface area (Å²) < 4.78 is 5.16. The van der Waals surface area contributed by atoms with Crippen molar-refractivity contribution >= 4 is 5.97 Å². The van der Waals surface area contributed by atoms with E-state index < -0.39 is 0 Å². The van der Waals surface area contributed by atoms with Gasteiger partial charge in [0.2, 0.25) is 0 Å². The SMILES string of the molecule is CCOC(=O)C1CCC(NC2CCCCC2C(C)C)CC1. The van der Waals surface area contributed by atoms with E-state index in [1.165, 1.54) is 25.7 Å². The monoisotopic (exact) mass is 295 g/mol. The van der Waals surface area contributed by atoms with E-state index in [1.807, 2.05) is 6.92 Å². The number of ether oxygens (including phenoxy) is 1. The summed E-state index contributed by atoms with van der Waals surface area (Å²) in [6.45, 7) is 7.13. The first-order valence-corrected chi connectivity index (χ1v) is 9.04. The predicted octanol–water partition coefficient (Wildman–Crippen LogP) is 3.91. The molecule has 0 spiro atoms. The molecule has 0 aliphatic heterocycles. The molecule has 0 saturated heterocycles. The van der Waals surface area contributed by atoms with Crippen LogP contribution in [0.1, 0.15) is 72.1 Å². The van der Waals surface area contributed by atoms with Crippen molar-refractivity contribution in [2.45, 2.75) is 84.2 Å². The van der Waals surface area contributed by atoms with E-state index in [2.05, 4.69) is 19.2 Å². The average Bonchev–Trinajstić information content (AvgIpc) is 2.48. The van der Waals surface area contributed by atoms with Crippen molar-refractivity contribution in [1.82, 2.24) is 5.32 Å². The molecule has 0 radical (unpaired) electrons. The minimum atomic E-state index is 0.0219. The molecule has 0 aromatic heterocycles. The van der Waals surface area contributed by atoms with E-state index in [0.717, 1.165) is 37.5 Å². The van der Waals surface area contributed by atoms with E-state index >= 15 is 0 Å². The minimum absolute atomic E-state index is 0.0219. The number of carbonyl (C=O) groups is 1. The molecule has 2 aliphatic carbocycles. The summed E-state index contributed by atoms with van der Waals surface area (Å²) in [7, 11) is 0. The Labute approximate surface area is 130 Å². The molecule has 3 heteroatoms. The van der Waals surface area contributed by atoms with Crippen LogP contribution in [0.5, 0.6) is 0 Å². The highest BCUT2D eigenvalue weighted by Gasteiger charge is 2.32. The largest absolute Gasteiger partial charge is 0.466 e. The summed E-state index contributed by atoms with van der Waals surface area (Å²) >= 11 is 0. The molecule has 1 N–H and O–H groups in total. The fraction of sp³-hybridized carbons (Fsp3) is 0.944. The van der Waals surface area contributed by atoms with E-state index in [4.69, 9.17) is 4.74 Å². The lowest BCUT2D eigenvalue weighted by Gasteiger charge is -2.39. The van der Waals surface area contributed by atoms with Crippen LogP contribution in [-0.2, 0) is 9.53 Å². The normalized spacial score (nSPS) is 33.9. The Bertz CT molecular complexity index is 321. The van der Waals surface area contributed by atoms with Crippen molar-refractivity contribution in [2.75, 3.05) is 6.61 Å². The van der Waals surface area contributed by atoms with Crippen LogP contribution in [0.25, 0.3) is 0 Å². The van der Waals surface area contributed by atoms with Crippen molar-refractivity contribution in [1.29, 1.82) is 0 Å². The predicted molar refractivity (Wildman–Crippen MR) is 86.1 cm³/mol. The number of esters is 1. The van der Waals surface area contributed by atoms with Gasteiger partial charge in [0.15, 0.2) is 0 Å². The van der Waals surface area contributed by atoms with E-state index in [9.17, 15) is 4.79 Å². The maximum Gasteiger partial charge on any atom is 0.308 e. The fourth-order valence-electron chi connectivity index (χ4n) is 4.22. The molecule has 2 saturated carbocycles. The van der Waals surface area contributed by atoms with Crippen molar-refractivity contribution < 1.29 is 9.53 Å². The Hall–Kier alpha value is -0.570. The Morgan fingerprint density at radius 1 is 1.10 bits per heavy atom. The molecule has 122 valence electrons. The Kier molecular flexibility index (Phi) is 6.53. The van der Waals surface area contributed by atoms with Gasteiger partial charge in [-0.25, -0.2) is 0 Å². The molecule has 2 unspecified atom stereocenters. The van der Waals surface area contributed by atoms with Gasteiger partial charge in [0.25, 0.3) is 0 Å². The number of hydrogen-bond donors (Lipinski definition) is 1. The Morgan fingerprint density at radius 3 is 2.38 bits per heavy atom. The first-order chi connectivity index (χ1) is 10.1. The van der Waals surface area contributed by atoms with E-state index in [0.29, 0.717) is 18.7 Å². The van der Waals surface area contributed by atoms with Crippen molar-refractivity contribution in [2.24, 2.45) is 17.8 Å². The Morgan fingerprint density at radius 2 is 1.76 bits per heavy atom. The van der Waals surface area contributed by atoms with Gasteiger partial charge in [-0.3, -0.25) is 4.79 Å². The minimum Gasteiger partial charge on any atom is -0.466 e. The second-order valence-electron chi connectivity index (χ2n) is 7.27. The highest BCUT2D eigenvalue weighted by molar-refractivity contribution is 5.72. The lowest BCUT2D eigenvalue weighted by molar-refractivity contribution is -0.149. The van der Waals surface area contributed by atoms with Gasteiger partial charge in [0.05, 0.1) is 12.5 Å². The van der Waals surface area contributed by atoms with Crippen LogP contribution in [-0.4, -0.2) is 24.7 Å². The molecular formula is C18H33NO2. The van der Waals surface area contributed by atoms with Gasteiger partial charge in [-0.1, -0.05) is 26.7 Å². The van der Waals surface area contributed by atoms with Crippen LogP contribution in [0, 0.1) is 17.8 Å². The molecule has 0 aromatic rings. The molecule has 2 rings (SSSR count). The Balaban J connectivity index is 1.78. The topological polar surface area (TPSA) is 38.3 Å². The van der Waals surface area contributed by atoms with Crippen LogP contribution >= 0.6 is 0 Å². The summed E-state index contributed by atoms with van der Waals surface area (Å²) in [5.41, 5.74) is 0. The van der Waals surface area contributed by atoms with Crippen molar-refractivity contribution in [3.05, 3.63) is 0 Å². The first-order valence-electron chi connectivity index (χ1n) is 9.04. The molecule has 2 fully saturated rings. The van der Waals surface area contributed by atoms with Crippen LogP contribution < -0.4 is 5.32 Å². The van der Waals surface area contributed by atoms with Crippen LogP contribution in [0.4, 0.5) is 0 Å². The smallest absolute Gasteiger partial charge is 0.308 e. The highest BCUT2D eigenvalue weighted by Crippen LogP contribution is 2.32. The van der Waals surface area contributed by atoms with E-state index in [1.54, 1.807) is 0 Å². The second-order valence-corrected chi connectivity index (χ2v) is 7.27. The van der Waals surface area contributed by atoms with Crippen LogP contribution in [0.15, 0.2) is 0 Å². The third-order valence-electron chi connectivity index (χ3n) is 5.47. The van der Waals surface area contributed by atoms with E-state index in [-0.39, 0.29) is 11.9 Å². The molecule has 0 heterocycles. The number of hydrogen-bond acceptors (Lipinski definition) is 3. The zero-order valence-corrected chi connectivity index (χ0v) is 14.1. The zero-order chi connectivity index (χ0) is 15.2. The molecule has 0 bridgehead atoms. The molecular weight excluding hydrogens is 262 g/mol. The average molecular weight is 295 g/mol. The first kappa shape index (κ1) is 16.8. The summed E-state index contributed by atoms with van der Waals surface area (Å²) in [6.07, 6.45) is 9.74. The van der Waals surface area contributed by atoms with Gasteiger partial charge in [-0.2, -0.15) is 0 Å². The fourth-order valence-corrected chi connectivity index (χ4v) is 4.22. The highest BCUT2D eigenvalue weighted by atomic mass is 16.5.